The first kappa shape index (κ1) is 14.8. The third-order valence-corrected chi connectivity index (χ3v) is 3.64. The average molecular weight is 278 g/mol. The number of hydrogen-bond donors (Lipinski definition) is 2. The quantitative estimate of drug-likeness (QED) is 0.836. The second kappa shape index (κ2) is 6.72. The Morgan fingerprint density at radius 2 is 2.30 bits per heavy atom. The van der Waals surface area contributed by atoms with Crippen LogP contribution in [0.4, 0.5) is 10.5 Å². The lowest BCUT2D eigenvalue weighted by Gasteiger charge is -2.22. The fraction of sp³-hybridized carbons (Fsp3) is 0.533. The van der Waals surface area contributed by atoms with Crippen LogP contribution in [-0.2, 0) is 4.74 Å². The topological polar surface area (TPSA) is 61.8 Å². The molecule has 0 spiro atoms. The maximum Gasteiger partial charge on any atom is 0.414 e. The van der Waals surface area contributed by atoms with Crippen molar-refractivity contribution in [3.63, 3.8) is 0 Å². The van der Waals surface area contributed by atoms with Crippen LogP contribution in [0, 0.1) is 0 Å². The minimum Gasteiger partial charge on any atom is -0.447 e. The van der Waals surface area contributed by atoms with Gasteiger partial charge in [0.1, 0.15) is 6.61 Å². The van der Waals surface area contributed by atoms with Crippen LogP contribution in [0.15, 0.2) is 24.3 Å². The molecule has 1 heterocycles. The molecule has 0 saturated carbocycles. The number of hydrogen-bond acceptors (Lipinski definition) is 4. The van der Waals surface area contributed by atoms with Gasteiger partial charge in [-0.05, 0) is 31.0 Å². The van der Waals surface area contributed by atoms with E-state index in [4.69, 9.17) is 4.74 Å². The first-order valence-corrected chi connectivity index (χ1v) is 7.06. The molecule has 1 saturated heterocycles. The summed E-state index contributed by atoms with van der Waals surface area (Å²) in [6, 6.07) is 8.07. The Morgan fingerprint density at radius 3 is 2.90 bits per heavy atom. The molecule has 0 bridgehead atoms. The highest BCUT2D eigenvalue weighted by Crippen LogP contribution is 2.23. The van der Waals surface area contributed by atoms with Gasteiger partial charge in [0.15, 0.2) is 0 Å². The zero-order valence-corrected chi connectivity index (χ0v) is 12.0. The SMILES string of the molecule is CCC(CO)NC(C)c1cccc(N2CCOC2=O)c1. The summed E-state index contributed by atoms with van der Waals surface area (Å²) in [5.74, 6) is 0. The van der Waals surface area contributed by atoms with Crippen LogP contribution >= 0.6 is 0 Å². The molecule has 2 N–H and O–H groups in total. The molecule has 0 aromatic heterocycles. The summed E-state index contributed by atoms with van der Waals surface area (Å²) in [6.45, 7) is 5.26. The number of aliphatic hydroxyl groups is 1. The van der Waals surface area contributed by atoms with E-state index in [9.17, 15) is 9.90 Å². The maximum atomic E-state index is 11.6. The fourth-order valence-electron chi connectivity index (χ4n) is 2.34. The number of benzene rings is 1. The van der Waals surface area contributed by atoms with E-state index in [0.29, 0.717) is 13.2 Å². The number of amides is 1. The molecule has 2 rings (SSSR count). The van der Waals surface area contributed by atoms with E-state index in [1.54, 1.807) is 4.90 Å². The largest absolute Gasteiger partial charge is 0.447 e. The van der Waals surface area contributed by atoms with Crippen molar-refractivity contribution in [1.29, 1.82) is 0 Å². The van der Waals surface area contributed by atoms with E-state index < -0.39 is 0 Å². The molecule has 1 aliphatic heterocycles. The highest BCUT2D eigenvalue weighted by atomic mass is 16.6. The molecular weight excluding hydrogens is 256 g/mol. The minimum absolute atomic E-state index is 0.0883. The molecule has 1 fully saturated rings. The maximum absolute atomic E-state index is 11.6. The number of cyclic esters (lactones) is 1. The van der Waals surface area contributed by atoms with Crippen molar-refractivity contribution in [3.8, 4) is 0 Å². The second-order valence-corrected chi connectivity index (χ2v) is 5.04. The number of aliphatic hydroxyl groups excluding tert-OH is 1. The smallest absolute Gasteiger partial charge is 0.414 e. The van der Waals surface area contributed by atoms with Crippen LogP contribution in [-0.4, -0.2) is 37.0 Å². The molecule has 0 aliphatic carbocycles. The summed E-state index contributed by atoms with van der Waals surface area (Å²) >= 11 is 0. The number of nitrogens with one attached hydrogen (secondary N) is 1. The van der Waals surface area contributed by atoms with Crippen LogP contribution in [0.5, 0.6) is 0 Å². The first-order valence-electron chi connectivity index (χ1n) is 7.06. The van der Waals surface area contributed by atoms with Crippen LogP contribution in [0.2, 0.25) is 0 Å². The van der Waals surface area contributed by atoms with Crippen LogP contribution < -0.4 is 10.2 Å². The highest BCUT2D eigenvalue weighted by molar-refractivity contribution is 5.89. The van der Waals surface area contributed by atoms with Crippen molar-refractivity contribution in [3.05, 3.63) is 29.8 Å². The van der Waals surface area contributed by atoms with Gasteiger partial charge < -0.3 is 15.2 Å². The van der Waals surface area contributed by atoms with Gasteiger partial charge in [-0.1, -0.05) is 19.1 Å². The van der Waals surface area contributed by atoms with Gasteiger partial charge in [0.2, 0.25) is 0 Å². The zero-order chi connectivity index (χ0) is 14.5. The molecular formula is C15H22N2O3. The number of carbonyl (C=O) groups is 1. The molecule has 0 radical (unpaired) electrons. The summed E-state index contributed by atoms with van der Waals surface area (Å²) in [7, 11) is 0. The number of ether oxygens (including phenoxy) is 1. The second-order valence-electron chi connectivity index (χ2n) is 5.04. The molecule has 5 nitrogen and oxygen atoms in total. The first-order chi connectivity index (χ1) is 9.65. The minimum atomic E-state index is -0.287. The number of nitrogens with zero attached hydrogens (tertiary/aromatic N) is 1. The summed E-state index contributed by atoms with van der Waals surface area (Å²) in [5, 5.41) is 12.6. The van der Waals surface area contributed by atoms with Gasteiger partial charge in [-0.2, -0.15) is 0 Å². The molecule has 1 aromatic rings. The van der Waals surface area contributed by atoms with Crippen molar-refractivity contribution in [1.82, 2.24) is 5.32 Å². The van der Waals surface area contributed by atoms with E-state index in [-0.39, 0.29) is 24.8 Å². The predicted octanol–water partition coefficient (Wildman–Crippen LogP) is 2.06. The van der Waals surface area contributed by atoms with Crippen molar-refractivity contribution in [2.75, 3.05) is 24.7 Å². The molecule has 2 atom stereocenters. The van der Waals surface area contributed by atoms with Gasteiger partial charge in [-0.3, -0.25) is 4.90 Å². The molecule has 1 amide bonds. The average Bonchev–Trinajstić information content (AvgIpc) is 2.90. The Labute approximate surface area is 119 Å². The Bertz CT molecular complexity index is 460. The lowest BCUT2D eigenvalue weighted by molar-refractivity contribution is 0.181. The summed E-state index contributed by atoms with van der Waals surface area (Å²) in [5.41, 5.74) is 1.95. The summed E-state index contributed by atoms with van der Waals surface area (Å²) in [6.07, 6.45) is 0.587. The Morgan fingerprint density at radius 1 is 1.50 bits per heavy atom. The zero-order valence-electron chi connectivity index (χ0n) is 12.0. The molecule has 1 aliphatic rings. The third-order valence-electron chi connectivity index (χ3n) is 3.64. The van der Waals surface area contributed by atoms with Gasteiger partial charge in [0.25, 0.3) is 0 Å². The van der Waals surface area contributed by atoms with E-state index in [1.165, 1.54) is 0 Å². The third kappa shape index (κ3) is 3.29. The van der Waals surface area contributed by atoms with E-state index in [1.807, 2.05) is 31.2 Å². The van der Waals surface area contributed by atoms with Gasteiger partial charge in [0, 0.05) is 17.8 Å². The molecule has 110 valence electrons. The monoisotopic (exact) mass is 278 g/mol. The number of carbonyl (C=O) groups excluding carboxylic acids is 1. The lowest BCUT2D eigenvalue weighted by atomic mass is 10.1. The van der Waals surface area contributed by atoms with Crippen LogP contribution in [0.25, 0.3) is 0 Å². The summed E-state index contributed by atoms with van der Waals surface area (Å²) < 4.78 is 4.96. The van der Waals surface area contributed by atoms with Crippen molar-refractivity contribution >= 4 is 11.8 Å². The van der Waals surface area contributed by atoms with Crippen molar-refractivity contribution in [2.24, 2.45) is 0 Å². The van der Waals surface area contributed by atoms with Gasteiger partial charge in [-0.15, -0.1) is 0 Å². The Kier molecular flexibility index (Phi) is 4.98. The number of anilines is 1. The van der Waals surface area contributed by atoms with Crippen molar-refractivity contribution in [2.45, 2.75) is 32.4 Å². The van der Waals surface area contributed by atoms with Crippen molar-refractivity contribution < 1.29 is 14.6 Å². The fourth-order valence-corrected chi connectivity index (χ4v) is 2.34. The van der Waals surface area contributed by atoms with E-state index >= 15 is 0 Å². The van der Waals surface area contributed by atoms with Crippen LogP contribution in [0.3, 0.4) is 0 Å². The standard InChI is InChI=1S/C15H22N2O3/c1-3-13(10-18)16-11(2)12-5-4-6-14(9-12)17-7-8-20-15(17)19/h4-6,9,11,13,16,18H,3,7-8,10H2,1-2H3. The molecule has 20 heavy (non-hydrogen) atoms. The van der Waals surface area contributed by atoms with Gasteiger partial charge in [-0.25, -0.2) is 4.79 Å². The van der Waals surface area contributed by atoms with Gasteiger partial charge >= 0.3 is 6.09 Å². The molecule has 2 unspecified atom stereocenters. The van der Waals surface area contributed by atoms with E-state index in [2.05, 4.69) is 12.2 Å². The highest BCUT2D eigenvalue weighted by Gasteiger charge is 2.24. The van der Waals surface area contributed by atoms with Crippen LogP contribution in [0.1, 0.15) is 31.9 Å². The molecule has 5 heteroatoms. The lowest BCUT2D eigenvalue weighted by Crippen LogP contribution is -2.34. The van der Waals surface area contributed by atoms with Gasteiger partial charge in [0.05, 0.1) is 13.2 Å². The Balaban J connectivity index is 2.10. The predicted molar refractivity (Wildman–Crippen MR) is 77.9 cm³/mol. The normalized spacial score (nSPS) is 17.9. The molecule has 1 aromatic carbocycles. The number of rotatable bonds is 6. The summed E-state index contributed by atoms with van der Waals surface area (Å²) in [4.78, 5) is 13.2. The Hall–Kier alpha value is -1.59. The van der Waals surface area contributed by atoms with E-state index in [0.717, 1.165) is 17.7 Å².